The number of benzene rings is 2. The highest BCUT2D eigenvalue weighted by atomic mass is 16.5. The Bertz CT molecular complexity index is 781. The number of furan rings is 1. The molecule has 0 radical (unpaired) electrons. The van der Waals surface area contributed by atoms with E-state index in [1.165, 1.54) is 29.2 Å². The molecule has 0 spiro atoms. The van der Waals surface area contributed by atoms with E-state index in [2.05, 4.69) is 19.1 Å². The predicted molar refractivity (Wildman–Crippen MR) is 81.4 cm³/mol. The van der Waals surface area contributed by atoms with Crippen LogP contribution in [0.15, 0.2) is 40.8 Å². The van der Waals surface area contributed by atoms with Crippen LogP contribution in [0.4, 0.5) is 0 Å². The van der Waals surface area contributed by atoms with E-state index in [0.717, 1.165) is 22.8 Å². The number of fused-ring (bicyclic) bond motifs is 3. The Balaban J connectivity index is 2.09. The summed E-state index contributed by atoms with van der Waals surface area (Å²) in [5.74, 6) is 2.31. The number of rotatable bonds is 3. The first kappa shape index (κ1) is 11.8. The molecule has 4 rings (SSSR count). The molecule has 0 aliphatic heterocycles. The average molecular weight is 266 g/mol. The van der Waals surface area contributed by atoms with Crippen LogP contribution >= 0.6 is 0 Å². The van der Waals surface area contributed by atoms with Gasteiger partial charge in [0.15, 0.2) is 0 Å². The minimum absolute atomic E-state index is 0.523. The summed E-state index contributed by atoms with van der Waals surface area (Å²) in [6.07, 6.45) is 2.66. The van der Waals surface area contributed by atoms with Crippen molar-refractivity contribution in [2.75, 3.05) is 7.11 Å². The molecule has 3 aromatic rings. The fraction of sp³-hybridized carbons (Fsp3) is 0.333. The lowest BCUT2D eigenvalue weighted by molar-refractivity contribution is 0.405. The van der Waals surface area contributed by atoms with Crippen LogP contribution in [0.5, 0.6) is 5.75 Å². The summed E-state index contributed by atoms with van der Waals surface area (Å²) in [6, 6.07) is 12.3. The molecule has 102 valence electrons. The van der Waals surface area contributed by atoms with E-state index in [9.17, 15) is 0 Å². The van der Waals surface area contributed by atoms with Crippen molar-refractivity contribution in [1.29, 1.82) is 0 Å². The molecule has 0 saturated heterocycles. The van der Waals surface area contributed by atoms with Crippen molar-refractivity contribution in [3.05, 3.63) is 42.0 Å². The minimum Gasteiger partial charge on any atom is -0.496 e. The molecular weight excluding hydrogens is 248 g/mol. The molecule has 20 heavy (non-hydrogen) atoms. The van der Waals surface area contributed by atoms with Crippen LogP contribution in [0, 0.1) is 5.92 Å². The second kappa shape index (κ2) is 4.27. The number of hydrogen-bond acceptors (Lipinski definition) is 2. The Hall–Kier alpha value is -1.96. The molecule has 2 heteroatoms. The Morgan fingerprint density at radius 2 is 1.90 bits per heavy atom. The molecule has 1 aliphatic rings. The zero-order valence-electron chi connectivity index (χ0n) is 11.8. The number of para-hydroxylation sites is 1. The summed E-state index contributed by atoms with van der Waals surface area (Å²) in [5, 5.41) is 2.43. The molecule has 1 aromatic heterocycles. The third kappa shape index (κ3) is 1.64. The van der Waals surface area contributed by atoms with E-state index < -0.39 is 0 Å². The lowest BCUT2D eigenvalue weighted by atomic mass is 9.91. The van der Waals surface area contributed by atoms with E-state index in [1.807, 2.05) is 24.3 Å². The highest BCUT2D eigenvalue weighted by Crippen LogP contribution is 2.48. The minimum atomic E-state index is 0.523. The molecule has 0 bridgehead atoms. The van der Waals surface area contributed by atoms with Crippen molar-refractivity contribution in [2.45, 2.75) is 25.7 Å². The van der Waals surface area contributed by atoms with Crippen molar-refractivity contribution in [3.63, 3.8) is 0 Å². The molecule has 1 fully saturated rings. The van der Waals surface area contributed by atoms with Crippen molar-refractivity contribution in [3.8, 4) is 5.75 Å². The number of methoxy groups -OCH3 is 1. The maximum absolute atomic E-state index is 5.99. The summed E-state index contributed by atoms with van der Waals surface area (Å²) >= 11 is 0. The number of ether oxygens (including phenoxy) is 1. The van der Waals surface area contributed by atoms with Gasteiger partial charge in [-0.15, -0.1) is 0 Å². The molecule has 1 aliphatic carbocycles. The summed E-state index contributed by atoms with van der Waals surface area (Å²) < 4.78 is 11.6. The monoisotopic (exact) mass is 266 g/mol. The Kier molecular flexibility index (Phi) is 2.53. The first-order valence-electron chi connectivity index (χ1n) is 7.27. The van der Waals surface area contributed by atoms with Crippen LogP contribution in [0.3, 0.4) is 0 Å². The van der Waals surface area contributed by atoms with Gasteiger partial charge < -0.3 is 9.15 Å². The third-order valence-corrected chi connectivity index (χ3v) is 4.55. The fourth-order valence-electron chi connectivity index (χ4n) is 3.29. The van der Waals surface area contributed by atoms with E-state index >= 15 is 0 Å². The van der Waals surface area contributed by atoms with Crippen molar-refractivity contribution >= 4 is 21.9 Å². The van der Waals surface area contributed by atoms with Crippen molar-refractivity contribution in [1.82, 2.24) is 0 Å². The van der Waals surface area contributed by atoms with Gasteiger partial charge in [0.05, 0.1) is 7.11 Å². The molecule has 0 N–H and O–H groups in total. The molecule has 1 saturated carbocycles. The van der Waals surface area contributed by atoms with Gasteiger partial charge in [-0.1, -0.05) is 25.1 Å². The van der Waals surface area contributed by atoms with Crippen LogP contribution in [0.2, 0.25) is 0 Å². The second-order valence-electron chi connectivity index (χ2n) is 5.78. The summed E-state index contributed by atoms with van der Waals surface area (Å²) in [7, 11) is 1.76. The van der Waals surface area contributed by atoms with Gasteiger partial charge in [0.25, 0.3) is 0 Å². The quantitative estimate of drug-likeness (QED) is 0.657. The zero-order chi connectivity index (χ0) is 13.7. The lowest BCUT2D eigenvalue weighted by Gasteiger charge is -2.16. The van der Waals surface area contributed by atoms with Gasteiger partial charge >= 0.3 is 0 Å². The van der Waals surface area contributed by atoms with Crippen LogP contribution in [-0.2, 0) is 0 Å². The first-order chi connectivity index (χ1) is 9.79. The first-order valence-corrected chi connectivity index (χ1v) is 7.27. The Labute approximate surface area is 118 Å². The smallest absolute Gasteiger partial charge is 0.135 e. The maximum Gasteiger partial charge on any atom is 0.135 e. The predicted octanol–water partition coefficient (Wildman–Crippen LogP) is 5.11. The summed E-state index contributed by atoms with van der Waals surface area (Å²) in [5.41, 5.74) is 3.24. The van der Waals surface area contributed by atoms with Gasteiger partial charge in [-0.25, -0.2) is 0 Å². The lowest BCUT2D eigenvalue weighted by Crippen LogP contribution is -2.00. The molecule has 1 heterocycles. The second-order valence-corrected chi connectivity index (χ2v) is 5.78. The third-order valence-electron chi connectivity index (χ3n) is 4.55. The maximum atomic E-state index is 5.99. The summed E-state index contributed by atoms with van der Waals surface area (Å²) in [4.78, 5) is 0. The van der Waals surface area contributed by atoms with Crippen LogP contribution in [0.25, 0.3) is 21.9 Å². The van der Waals surface area contributed by atoms with Gasteiger partial charge in [0.1, 0.15) is 16.9 Å². The van der Waals surface area contributed by atoms with Crippen molar-refractivity contribution in [2.24, 2.45) is 5.92 Å². The van der Waals surface area contributed by atoms with Crippen LogP contribution in [0.1, 0.15) is 31.2 Å². The normalized spacial score (nSPS) is 16.7. The molecule has 1 unspecified atom stereocenters. The highest BCUT2D eigenvalue weighted by molar-refractivity contribution is 6.07. The highest BCUT2D eigenvalue weighted by Gasteiger charge is 2.32. The molecule has 2 aromatic carbocycles. The van der Waals surface area contributed by atoms with E-state index in [0.29, 0.717) is 5.92 Å². The molecular formula is C18H18O2. The van der Waals surface area contributed by atoms with Gasteiger partial charge in [-0.3, -0.25) is 0 Å². The fourth-order valence-corrected chi connectivity index (χ4v) is 3.29. The van der Waals surface area contributed by atoms with Crippen molar-refractivity contribution < 1.29 is 9.15 Å². The Morgan fingerprint density at radius 1 is 1.10 bits per heavy atom. The van der Waals surface area contributed by atoms with Gasteiger partial charge in [-0.2, -0.15) is 0 Å². The topological polar surface area (TPSA) is 22.4 Å². The Morgan fingerprint density at radius 3 is 2.65 bits per heavy atom. The van der Waals surface area contributed by atoms with Gasteiger partial charge in [0.2, 0.25) is 0 Å². The number of hydrogen-bond donors (Lipinski definition) is 0. The standard InChI is InChI=1S/C18H18O2/c1-11(12-7-8-12)17-15(19-2)9-10-16-18(17)13-5-3-4-6-14(13)20-16/h3-6,9-12H,7-8H2,1-2H3. The van der Waals surface area contributed by atoms with Gasteiger partial charge in [0, 0.05) is 16.3 Å². The van der Waals surface area contributed by atoms with Crippen LogP contribution in [-0.4, -0.2) is 7.11 Å². The molecule has 1 atom stereocenters. The average Bonchev–Trinajstić information content (AvgIpc) is 3.26. The van der Waals surface area contributed by atoms with Crippen LogP contribution < -0.4 is 4.74 Å². The molecule has 0 amide bonds. The van der Waals surface area contributed by atoms with E-state index in [4.69, 9.17) is 9.15 Å². The van der Waals surface area contributed by atoms with Gasteiger partial charge in [-0.05, 0) is 42.9 Å². The van der Waals surface area contributed by atoms with E-state index in [-0.39, 0.29) is 0 Å². The zero-order valence-corrected chi connectivity index (χ0v) is 11.8. The SMILES string of the molecule is COc1ccc2oc3ccccc3c2c1C(C)C1CC1. The summed E-state index contributed by atoms with van der Waals surface area (Å²) in [6.45, 7) is 2.32. The largest absolute Gasteiger partial charge is 0.496 e. The van der Waals surface area contributed by atoms with E-state index in [1.54, 1.807) is 7.11 Å². The molecule has 2 nitrogen and oxygen atoms in total.